The molecular weight excluding hydrogens is 526 g/mol. The van der Waals surface area contributed by atoms with Crippen LogP contribution in [0.1, 0.15) is 28.8 Å². The van der Waals surface area contributed by atoms with Gasteiger partial charge in [0.25, 0.3) is 5.91 Å². The number of carbonyl (C=O) groups is 1. The van der Waals surface area contributed by atoms with Crippen molar-refractivity contribution in [1.29, 1.82) is 0 Å². The number of benzene rings is 4. The number of nitrogens with one attached hydrogen (secondary N) is 2. The maximum Gasteiger partial charge on any atom is 0.257 e. The number of fused-ring (bicyclic) bond motifs is 1. The van der Waals surface area contributed by atoms with Crippen molar-refractivity contribution in [2.45, 2.75) is 19.3 Å². The van der Waals surface area contributed by atoms with Crippen molar-refractivity contribution < 1.29 is 14.3 Å². The van der Waals surface area contributed by atoms with E-state index in [1.807, 2.05) is 72.8 Å². The van der Waals surface area contributed by atoms with Crippen LogP contribution in [-0.4, -0.2) is 38.7 Å². The highest BCUT2D eigenvalue weighted by atomic mass is 16.5. The van der Waals surface area contributed by atoms with Crippen molar-refractivity contribution in [2.75, 3.05) is 38.0 Å². The van der Waals surface area contributed by atoms with E-state index in [1.54, 1.807) is 38.5 Å². The van der Waals surface area contributed by atoms with Gasteiger partial charge in [-0.2, -0.15) is 0 Å². The van der Waals surface area contributed by atoms with E-state index in [4.69, 9.17) is 9.47 Å². The summed E-state index contributed by atoms with van der Waals surface area (Å²) in [4.78, 5) is 31.7. The third-order valence-electron chi connectivity index (χ3n) is 7.42. The van der Waals surface area contributed by atoms with Crippen molar-refractivity contribution in [3.8, 4) is 22.8 Å². The van der Waals surface area contributed by atoms with Crippen LogP contribution >= 0.6 is 0 Å². The van der Waals surface area contributed by atoms with Gasteiger partial charge in [-0.3, -0.25) is 9.59 Å². The number of unbranched alkanes of at least 4 members (excludes halogenated alkanes) is 1. The summed E-state index contributed by atoms with van der Waals surface area (Å²) in [7, 11) is 5.36. The Labute approximate surface area is 245 Å². The molecule has 2 N–H and O–H groups in total. The second-order valence-corrected chi connectivity index (χ2v) is 10.2. The number of nitrogens with zero attached hydrogens (tertiary/aromatic N) is 1. The minimum atomic E-state index is -0.271. The van der Waals surface area contributed by atoms with Gasteiger partial charge in [-0.1, -0.05) is 48.5 Å². The molecular formula is C35H35N3O4. The van der Waals surface area contributed by atoms with Crippen molar-refractivity contribution in [2.24, 2.45) is 0 Å². The third-order valence-corrected chi connectivity index (χ3v) is 7.42. The van der Waals surface area contributed by atoms with Crippen LogP contribution in [0.25, 0.3) is 22.2 Å². The monoisotopic (exact) mass is 561 g/mol. The molecule has 0 saturated carbocycles. The van der Waals surface area contributed by atoms with Crippen molar-refractivity contribution >= 4 is 28.2 Å². The summed E-state index contributed by atoms with van der Waals surface area (Å²) in [5.41, 5.74) is 5.37. The van der Waals surface area contributed by atoms with Gasteiger partial charge in [0.2, 0.25) is 0 Å². The fourth-order valence-corrected chi connectivity index (χ4v) is 5.06. The lowest BCUT2D eigenvalue weighted by atomic mass is 10.1. The second kappa shape index (κ2) is 13.1. The van der Waals surface area contributed by atoms with E-state index in [0.29, 0.717) is 27.8 Å². The largest absolute Gasteiger partial charge is 0.493 e. The Bertz CT molecular complexity index is 1730. The highest BCUT2D eigenvalue weighted by molar-refractivity contribution is 6.12. The first-order chi connectivity index (χ1) is 20.5. The number of rotatable bonds is 11. The molecule has 5 aromatic rings. The van der Waals surface area contributed by atoms with Gasteiger partial charge < -0.3 is 24.7 Å². The highest BCUT2D eigenvalue weighted by Gasteiger charge is 2.14. The molecule has 0 spiro atoms. The Morgan fingerprint density at radius 2 is 1.60 bits per heavy atom. The number of para-hydroxylation sites is 1. The van der Waals surface area contributed by atoms with Gasteiger partial charge >= 0.3 is 0 Å². The van der Waals surface area contributed by atoms with Gasteiger partial charge in [-0.05, 0) is 66.8 Å². The highest BCUT2D eigenvalue weighted by Crippen LogP contribution is 2.31. The fourth-order valence-electron chi connectivity index (χ4n) is 5.06. The molecule has 0 saturated heterocycles. The molecule has 1 amide bonds. The Kier molecular flexibility index (Phi) is 8.87. The molecule has 0 aliphatic rings. The maximum atomic E-state index is 13.3. The number of carbonyl (C=O) groups excluding carboxylic acids is 1. The Hall–Kier alpha value is -5.04. The lowest BCUT2D eigenvalue weighted by molar-refractivity contribution is 0.102. The van der Waals surface area contributed by atoms with Crippen LogP contribution in [0, 0.1) is 0 Å². The summed E-state index contributed by atoms with van der Waals surface area (Å²) in [6, 6.07) is 30.3. The van der Waals surface area contributed by atoms with Gasteiger partial charge in [-0.15, -0.1) is 0 Å². The quantitative estimate of drug-likeness (QED) is 0.171. The van der Waals surface area contributed by atoms with E-state index in [1.165, 1.54) is 5.56 Å². The van der Waals surface area contributed by atoms with Gasteiger partial charge in [0, 0.05) is 48.2 Å². The van der Waals surface area contributed by atoms with Gasteiger partial charge in [0.1, 0.15) is 0 Å². The number of anilines is 2. The summed E-state index contributed by atoms with van der Waals surface area (Å²) < 4.78 is 10.8. The van der Waals surface area contributed by atoms with Crippen molar-refractivity contribution in [3.63, 3.8) is 0 Å². The van der Waals surface area contributed by atoms with Gasteiger partial charge in [0.05, 0.1) is 25.3 Å². The molecule has 4 aromatic carbocycles. The second-order valence-electron chi connectivity index (χ2n) is 10.2. The van der Waals surface area contributed by atoms with Crippen LogP contribution in [0.5, 0.6) is 11.5 Å². The molecule has 0 unspecified atom stereocenters. The van der Waals surface area contributed by atoms with E-state index < -0.39 is 0 Å². The first kappa shape index (κ1) is 28.5. The number of aromatic amines is 1. The average Bonchev–Trinajstić information content (AvgIpc) is 3.03. The van der Waals surface area contributed by atoms with Crippen LogP contribution in [-0.2, 0) is 6.42 Å². The van der Waals surface area contributed by atoms with Crippen LogP contribution in [0.3, 0.4) is 0 Å². The lowest BCUT2D eigenvalue weighted by Crippen LogP contribution is -2.18. The predicted molar refractivity (Wildman–Crippen MR) is 170 cm³/mol. The van der Waals surface area contributed by atoms with Gasteiger partial charge in [-0.25, -0.2) is 0 Å². The van der Waals surface area contributed by atoms with Crippen LogP contribution in [0.2, 0.25) is 0 Å². The normalized spacial score (nSPS) is 10.8. The minimum absolute atomic E-state index is 0.128. The molecule has 5 rings (SSSR count). The maximum absolute atomic E-state index is 13.3. The van der Waals surface area contributed by atoms with Crippen LogP contribution in [0.15, 0.2) is 102 Å². The molecule has 1 heterocycles. The molecule has 1 aromatic heterocycles. The fraction of sp³-hybridized carbons (Fsp3) is 0.200. The van der Waals surface area contributed by atoms with E-state index in [-0.39, 0.29) is 11.3 Å². The first-order valence-electron chi connectivity index (χ1n) is 14.0. The summed E-state index contributed by atoms with van der Waals surface area (Å²) >= 11 is 0. The zero-order valence-electron chi connectivity index (χ0n) is 24.1. The summed E-state index contributed by atoms with van der Waals surface area (Å²) in [5.74, 6) is 1.17. The summed E-state index contributed by atoms with van der Waals surface area (Å²) in [6.07, 6.45) is 3.02. The zero-order chi connectivity index (χ0) is 29.5. The average molecular weight is 562 g/mol. The number of aryl methyl sites for hydroxylation is 1. The number of methoxy groups -OCH3 is 2. The van der Waals surface area contributed by atoms with Crippen molar-refractivity contribution in [3.05, 3.63) is 118 Å². The molecule has 214 valence electrons. The molecule has 7 nitrogen and oxygen atoms in total. The minimum Gasteiger partial charge on any atom is -0.493 e. The number of hydrogen-bond acceptors (Lipinski definition) is 5. The number of amides is 1. The number of aromatic nitrogens is 1. The Balaban J connectivity index is 1.19. The molecule has 0 atom stereocenters. The standard InChI is InChI=1S/C35H35N3O4/c1-38(27-19-20-32(41-2)33(22-27)42-3)21-8-7-10-24-15-17-26(18-16-24)36-35(40)29-14-9-13-28-31(39)23-30(37-34(28)29)25-11-5-4-6-12-25/h4-6,9,11-20,22-23H,7-8,10,21H2,1-3H3,(H,36,40)(H,37,39). The van der Waals surface area contributed by atoms with Crippen molar-refractivity contribution in [1.82, 2.24) is 4.98 Å². The first-order valence-corrected chi connectivity index (χ1v) is 14.0. The SMILES string of the molecule is COc1ccc(N(C)CCCCc2ccc(NC(=O)c3cccc4c(=O)cc(-c5ccccc5)[nH]c34)cc2)cc1OC. The van der Waals surface area contributed by atoms with Gasteiger partial charge in [0.15, 0.2) is 16.9 Å². The molecule has 0 bridgehead atoms. The predicted octanol–water partition coefficient (Wildman–Crippen LogP) is 6.92. The molecule has 0 aliphatic carbocycles. The number of pyridine rings is 1. The zero-order valence-corrected chi connectivity index (χ0v) is 24.1. The van der Waals surface area contributed by atoms with E-state index in [0.717, 1.165) is 48.6 Å². The smallest absolute Gasteiger partial charge is 0.257 e. The summed E-state index contributed by atoms with van der Waals surface area (Å²) in [5, 5.41) is 3.47. The molecule has 7 heteroatoms. The molecule has 42 heavy (non-hydrogen) atoms. The third kappa shape index (κ3) is 6.47. The Morgan fingerprint density at radius 3 is 2.33 bits per heavy atom. The Morgan fingerprint density at radius 1 is 0.833 bits per heavy atom. The number of ether oxygens (including phenoxy) is 2. The summed E-state index contributed by atoms with van der Waals surface area (Å²) in [6.45, 7) is 0.919. The molecule has 0 fully saturated rings. The van der Waals surface area contributed by atoms with E-state index in [2.05, 4.69) is 22.2 Å². The van der Waals surface area contributed by atoms with E-state index >= 15 is 0 Å². The number of hydrogen-bond donors (Lipinski definition) is 2. The lowest BCUT2D eigenvalue weighted by Gasteiger charge is -2.20. The van der Waals surface area contributed by atoms with Crippen LogP contribution in [0.4, 0.5) is 11.4 Å². The van der Waals surface area contributed by atoms with Crippen LogP contribution < -0.4 is 25.1 Å². The molecule has 0 radical (unpaired) electrons. The number of H-pyrrole nitrogens is 1. The molecule has 0 aliphatic heterocycles. The topological polar surface area (TPSA) is 83.7 Å². The van der Waals surface area contributed by atoms with E-state index in [9.17, 15) is 9.59 Å².